The van der Waals surface area contributed by atoms with Crippen LogP contribution in [0.2, 0.25) is 0 Å². The van der Waals surface area contributed by atoms with E-state index in [1.807, 2.05) is 6.92 Å². The molecule has 2 rings (SSSR count). The molecule has 6 nitrogen and oxygen atoms in total. The van der Waals surface area contributed by atoms with Gasteiger partial charge in [0.15, 0.2) is 0 Å². The number of ether oxygens (including phenoxy) is 1. The van der Waals surface area contributed by atoms with E-state index in [1.165, 1.54) is 18.5 Å². The molecule has 0 saturated carbocycles. The molecule has 0 radical (unpaired) electrons. The lowest BCUT2D eigenvalue weighted by Crippen LogP contribution is -2.24. The van der Waals surface area contributed by atoms with Gasteiger partial charge in [-0.1, -0.05) is 0 Å². The van der Waals surface area contributed by atoms with Gasteiger partial charge in [-0.25, -0.2) is 4.79 Å². The third-order valence-electron chi connectivity index (χ3n) is 2.88. The van der Waals surface area contributed by atoms with E-state index < -0.39 is 5.97 Å². The average molecular weight is 250 g/mol. The van der Waals surface area contributed by atoms with Gasteiger partial charge in [0.2, 0.25) is 5.91 Å². The number of pyridine rings is 1. The summed E-state index contributed by atoms with van der Waals surface area (Å²) >= 11 is 0. The molecule has 2 heterocycles. The van der Waals surface area contributed by atoms with E-state index >= 15 is 0 Å². The maximum Gasteiger partial charge on any atom is 0.337 e. The van der Waals surface area contributed by atoms with E-state index in [0.717, 1.165) is 0 Å². The van der Waals surface area contributed by atoms with Crippen LogP contribution >= 0.6 is 0 Å². The molecule has 1 amide bonds. The fourth-order valence-electron chi connectivity index (χ4n) is 1.92. The molecule has 1 saturated heterocycles. The zero-order valence-electron chi connectivity index (χ0n) is 9.92. The van der Waals surface area contributed by atoms with Crippen LogP contribution < -0.4 is 5.32 Å². The third-order valence-corrected chi connectivity index (χ3v) is 2.88. The van der Waals surface area contributed by atoms with Crippen molar-refractivity contribution in [3.8, 4) is 0 Å². The Morgan fingerprint density at radius 3 is 2.94 bits per heavy atom. The fourth-order valence-corrected chi connectivity index (χ4v) is 1.92. The van der Waals surface area contributed by atoms with Crippen LogP contribution in [-0.4, -0.2) is 34.7 Å². The van der Waals surface area contributed by atoms with Crippen molar-refractivity contribution in [1.29, 1.82) is 0 Å². The van der Waals surface area contributed by atoms with Gasteiger partial charge in [0.1, 0.15) is 0 Å². The van der Waals surface area contributed by atoms with E-state index in [4.69, 9.17) is 9.84 Å². The van der Waals surface area contributed by atoms with Crippen molar-refractivity contribution in [2.75, 3.05) is 11.9 Å². The number of nitrogens with zero attached hydrogens (tertiary/aromatic N) is 1. The summed E-state index contributed by atoms with van der Waals surface area (Å²) in [4.78, 5) is 26.7. The summed E-state index contributed by atoms with van der Waals surface area (Å²) in [6, 6.07) is 1.35. The van der Waals surface area contributed by atoms with Gasteiger partial charge in [-0.05, 0) is 19.4 Å². The molecule has 2 N–H and O–H groups in total. The van der Waals surface area contributed by atoms with Gasteiger partial charge in [-0.15, -0.1) is 0 Å². The maximum absolute atomic E-state index is 11.9. The summed E-state index contributed by atoms with van der Waals surface area (Å²) in [6.45, 7) is 2.27. The average Bonchev–Trinajstić information content (AvgIpc) is 2.76. The zero-order chi connectivity index (χ0) is 13.1. The topological polar surface area (TPSA) is 88.5 Å². The molecule has 1 aromatic rings. The molecule has 96 valence electrons. The second-order valence-corrected chi connectivity index (χ2v) is 4.29. The van der Waals surface area contributed by atoms with Crippen molar-refractivity contribution in [2.45, 2.75) is 19.4 Å². The van der Waals surface area contributed by atoms with Crippen LogP contribution in [0.25, 0.3) is 0 Å². The van der Waals surface area contributed by atoms with E-state index in [9.17, 15) is 9.59 Å². The Morgan fingerprint density at radius 2 is 2.33 bits per heavy atom. The predicted molar refractivity (Wildman–Crippen MR) is 63.3 cm³/mol. The molecule has 0 aromatic carbocycles. The molecule has 2 atom stereocenters. The van der Waals surface area contributed by atoms with Gasteiger partial charge in [-0.2, -0.15) is 0 Å². The van der Waals surface area contributed by atoms with Crippen LogP contribution in [0.1, 0.15) is 23.7 Å². The largest absolute Gasteiger partial charge is 0.478 e. The van der Waals surface area contributed by atoms with Crippen molar-refractivity contribution < 1.29 is 19.4 Å². The SMILES string of the molecule is CC1CC(C(=O)Nc2cnccc2C(=O)O)CO1. The normalized spacial score (nSPS) is 22.7. The van der Waals surface area contributed by atoms with E-state index in [1.54, 1.807) is 0 Å². The Morgan fingerprint density at radius 1 is 1.56 bits per heavy atom. The van der Waals surface area contributed by atoms with E-state index in [-0.39, 0.29) is 29.2 Å². The van der Waals surface area contributed by atoms with Crippen LogP contribution in [0.5, 0.6) is 0 Å². The van der Waals surface area contributed by atoms with Crippen molar-refractivity contribution in [3.05, 3.63) is 24.0 Å². The molecule has 1 aliphatic heterocycles. The fraction of sp³-hybridized carbons (Fsp3) is 0.417. The standard InChI is InChI=1S/C12H14N2O4/c1-7-4-8(6-18-7)11(15)14-10-5-13-3-2-9(10)12(16)17/h2-3,5,7-8H,4,6H2,1H3,(H,14,15)(H,16,17). The minimum Gasteiger partial charge on any atom is -0.478 e. The molecule has 0 spiro atoms. The van der Waals surface area contributed by atoms with Gasteiger partial charge in [-0.3, -0.25) is 9.78 Å². The molecule has 1 aliphatic rings. The summed E-state index contributed by atoms with van der Waals surface area (Å²) in [5.74, 6) is -1.56. The van der Waals surface area contributed by atoms with Crippen molar-refractivity contribution in [1.82, 2.24) is 4.98 Å². The molecule has 6 heteroatoms. The number of carboxylic acids is 1. The number of carbonyl (C=O) groups excluding carboxylic acids is 1. The number of aromatic carboxylic acids is 1. The molecule has 18 heavy (non-hydrogen) atoms. The number of hydrogen-bond acceptors (Lipinski definition) is 4. The first-order valence-corrected chi connectivity index (χ1v) is 5.67. The molecule has 1 aromatic heterocycles. The van der Waals surface area contributed by atoms with Gasteiger partial charge >= 0.3 is 5.97 Å². The first kappa shape index (κ1) is 12.5. The molecule has 2 unspecified atom stereocenters. The summed E-state index contributed by atoms with van der Waals surface area (Å²) in [7, 11) is 0. The Kier molecular flexibility index (Phi) is 3.57. The predicted octanol–water partition coefficient (Wildman–Crippen LogP) is 1.14. The van der Waals surface area contributed by atoms with E-state index in [2.05, 4.69) is 10.3 Å². The van der Waals surface area contributed by atoms with Crippen LogP contribution in [0, 0.1) is 5.92 Å². The Bertz CT molecular complexity index is 475. The number of aromatic nitrogens is 1. The first-order valence-electron chi connectivity index (χ1n) is 5.67. The summed E-state index contributed by atoms with van der Waals surface area (Å²) < 4.78 is 5.31. The lowest BCUT2D eigenvalue weighted by Gasteiger charge is -2.10. The van der Waals surface area contributed by atoms with Gasteiger partial charge in [0.25, 0.3) is 0 Å². The Hall–Kier alpha value is -1.95. The van der Waals surface area contributed by atoms with Crippen LogP contribution in [-0.2, 0) is 9.53 Å². The Balaban J connectivity index is 2.09. The number of anilines is 1. The molecule has 0 aliphatic carbocycles. The van der Waals surface area contributed by atoms with Crippen LogP contribution in [0.15, 0.2) is 18.5 Å². The third kappa shape index (κ3) is 2.65. The maximum atomic E-state index is 11.9. The lowest BCUT2D eigenvalue weighted by molar-refractivity contribution is -0.119. The van der Waals surface area contributed by atoms with E-state index in [0.29, 0.717) is 13.0 Å². The second-order valence-electron chi connectivity index (χ2n) is 4.29. The number of amides is 1. The smallest absolute Gasteiger partial charge is 0.337 e. The van der Waals surface area contributed by atoms with Gasteiger partial charge in [0, 0.05) is 6.20 Å². The number of rotatable bonds is 3. The highest BCUT2D eigenvalue weighted by Gasteiger charge is 2.28. The van der Waals surface area contributed by atoms with Crippen molar-refractivity contribution in [2.24, 2.45) is 5.92 Å². The quantitative estimate of drug-likeness (QED) is 0.839. The molecule has 0 bridgehead atoms. The summed E-state index contributed by atoms with van der Waals surface area (Å²) in [5.41, 5.74) is 0.250. The molecular weight excluding hydrogens is 236 g/mol. The highest BCUT2D eigenvalue weighted by atomic mass is 16.5. The monoisotopic (exact) mass is 250 g/mol. The van der Waals surface area contributed by atoms with Gasteiger partial charge in [0.05, 0.1) is 36.1 Å². The van der Waals surface area contributed by atoms with Crippen molar-refractivity contribution >= 4 is 17.6 Å². The first-order chi connectivity index (χ1) is 8.58. The number of carboxylic acid groups (broad SMARTS) is 1. The zero-order valence-corrected chi connectivity index (χ0v) is 9.92. The van der Waals surface area contributed by atoms with Gasteiger partial charge < -0.3 is 15.2 Å². The number of nitrogens with one attached hydrogen (secondary N) is 1. The number of carbonyl (C=O) groups is 2. The number of hydrogen-bond donors (Lipinski definition) is 2. The molecule has 1 fully saturated rings. The van der Waals surface area contributed by atoms with Crippen LogP contribution in [0.3, 0.4) is 0 Å². The Labute approximate surface area is 104 Å². The van der Waals surface area contributed by atoms with Crippen molar-refractivity contribution in [3.63, 3.8) is 0 Å². The summed E-state index contributed by atoms with van der Waals surface area (Å²) in [5, 5.41) is 11.6. The lowest BCUT2D eigenvalue weighted by atomic mass is 10.1. The highest BCUT2D eigenvalue weighted by Crippen LogP contribution is 2.22. The van der Waals surface area contributed by atoms with Crippen LogP contribution in [0.4, 0.5) is 5.69 Å². The minimum absolute atomic E-state index is 0.0327. The second kappa shape index (κ2) is 5.14. The summed E-state index contributed by atoms with van der Waals surface area (Å²) in [6.07, 6.45) is 3.42. The highest BCUT2D eigenvalue weighted by molar-refractivity contribution is 6.00. The minimum atomic E-state index is -1.09. The molecular formula is C12H14N2O4.